The number of halogens is 1. The van der Waals surface area contributed by atoms with Gasteiger partial charge >= 0.3 is 172 Å². The molecule has 0 unspecified atom stereocenters. The van der Waals surface area contributed by atoms with Gasteiger partial charge < -0.3 is 10.8 Å². The van der Waals surface area contributed by atoms with Crippen LogP contribution < -0.4 is 39.8 Å². The number of hydrogen-bond acceptors (Lipinski definition) is 7. The zero-order valence-corrected chi connectivity index (χ0v) is 23.4. The Balaban J connectivity index is 1.19. The Bertz CT molecular complexity index is 1240. The second-order valence-corrected chi connectivity index (χ2v) is 11.4. The van der Waals surface area contributed by atoms with E-state index in [1.807, 2.05) is 43.3 Å². The fourth-order valence-corrected chi connectivity index (χ4v) is 6.72. The first kappa shape index (κ1) is 26.8. The minimum atomic E-state index is -0.0724. The van der Waals surface area contributed by atoms with Crippen LogP contribution >= 0.6 is 0 Å². The third-order valence-electron chi connectivity index (χ3n) is 6.20. The third-order valence-corrected chi connectivity index (χ3v) is 9.33. The number of phenols is 1. The van der Waals surface area contributed by atoms with Gasteiger partial charge in [0.15, 0.2) is 0 Å². The molecule has 0 aliphatic carbocycles. The van der Waals surface area contributed by atoms with Gasteiger partial charge in [-0.2, -0.15) is 0 Å². The molecule has 0 radical (unpaired) electrons. The van der Waals surface area contributed by atoms with Gasteiger partial charge in [0.25, 0.3) is 0 Å². The minimum absolute atomic E-state index is 0.0724. The Kier molecular flexibility index (Phi) is 9.29. The van der Waals surface area contributed by atoms with Crippen molar-refractivity contribution in [1.29, 1.82) is 5.41 Å². The molecule has 1 aliphatic heterocycles. The SMILES string of the molecule is COc1cccc(N2CCN(CCCOc3ccc(C(=N)/C=C(\N)c4ccc(O)c(C)c4)cc3)C[I-]2)c1. The van der Waals surface area contributed by atoms with Crippen molar-refractivity contribution in [3.63, 3.8) is 0 Å². The monoisotopic (exact) mass is 613 g/mol. The average Bonchev–Trinajstić information content (AvgIpc) is 2.93. The van der Waals surface area contributed by atoms with Gasteiger partial charge in [-0.05, 0) is 36.2 Å². The van der Waals surface area contributed by atoms with Crippen LogP contribution in [0.25, 0.3) is 5.70 Å². The molecule has 8 heteroatoms. The van der Waals surface area contributed by atoms with Crippen molar-refractivity contribution in [3.8, 4) is 17.2 Å². The van der Waals surface area contributed by atoms with E-state index in [0.29, 0.717) is 18.0 Å². The van der Waals surface area contributed by atoms with Gasteiger partial charge in [-0.1, -0.05) is 0 Å². The van der Waals surface area contributed by atoms with Gasteiger partial charge in [-0.3, -0.25) is 0 Å². The molecular weight excluding hydrogens is 579 g/mol. The number of nitrogens with one attached hydrogen (secondary N) is 1. The topological polar surface area (TPSA) is 95.0 Å². The maximum absolute atomic E-state index is 9.70. The number of anilines is 1. The maximum atomic E-state index is 9.70. The summed E-state index contributed by atoms with van der Waals surface area (Å²) in [5.74, 6) is 1.95. The number of hydrogen-bond donors (Lipinski definition) is 3. The van der Waals surface area contributed by atoms with Crippen LogP contribution in [0.4, 0.5) is 5.69 Å². The van der Waals surface area contributed by atoms with E-state index in [1.165, 1.54) is 5.69 Å². The summed E-state index contributed by atoms with van der Waals surface area (Å²) in [6, 6.07) is 21.1. The number of benzene rings is 3. The van der Waals surface area contributed by atoms with Gasteiger partial charge in [-0.25, -0.2) is 0 Å². The second-order valence-electron chi connectivity index (χ2n) is 8.89. The van der Waals surface area contributed by atoms with Crippen LogP contribution in [0.5, 0.6) is 17.2 Å². The number of ether oxygens (including phenoxy) is 2. The Labute approximate surface area is 229 Å². The van der Waals surface area contributed by atoms with Crippen LogP contribution in [0.2, 0.25) is 0 Å². The molecule has 1 heterocycles. The molecule has 1 aliphatic rings. The number of rotatable bonds is 10. The normalized spacial score (nSPS) is 14.6. The summed E-state index contributed by atoms with van der Waals surface area (Å²) < 4.78 is 15.0. The molecule has 0 spiro atoms. The van der Waals surface area contributed by atoms with Crippen LogP contribution in [0.3, 0.4) is 0 Å². The van der Waals surface area contributed by atoms with Crippen LogP contribution in [-0.4, -0.2) is 53.6 Å². The van der Waals surface area contributed by atoms with Gasteiger partial charge in [0.2, 0.25) is 0 Å². The first-order valence-electron chi connectivity index (χ1n) is 12.3. The van der Waals surface area contributed by atoms with Crippen LogP contribution in [0, 0.1) is 12.3 Å². The molecule has 196 valence electrons. The number of aromatic hydroxyl groups is 1. The van der Waals surface area contributed by atoms with Gasteiger partial charge in [0.05, 0.1) is 0 Å². The molecule has 0 bridgehead atoms. The Hall–Kier alpha value is -3.24. The van der Waals surface area contributed by atoms with Crippen molar-refractivity contribution in [2.24, 2.45) is 5.73 Å². The Morgan fingerprint density at radius 2 is 1.84 bits per heavy atom. The Morgan fingerprint density at radius 3 is 2.54 bits per heavy atom. The number of phenolic OH excluding ortho intramolecular Hbond substituents is 1. The number of nitrogens with zero attached hydrogens (tertiary/aromatic N) is 2. The fourth-order valence-electron chi connectivity index (χ4n) is 3.99. The predicted molar refractivity (Wildman–Crippen MR) is 145 cm³/mol. The van der Waals surface area contributed by atoms with Crippen molar-refractivity contribution < 1.29 is 36.1 Å². The van der Waals surface area contributed by atoms with Crippen LogP contribution in [-0.2, 0) is 0 Å². The van der Waals surface area contributed by atoms with Gasteiger partial charge in [0, 0.05) is 5.70 Å². The molecule has 3 aromatic rings. The summed E-state index contributed by atoms with van der Waals surface area (Å²) in [5, 5.41) is 18.1. The molecule has 37 heavy (non-hydrogen) atoms. The molecule has 0 amide bonds. The second kappa shape index (κ2) is 12.8. The van der Waals surface area contributed by atoms with Crippen molar-refractivity contribution in [2.45, 2.75) is 13.3 Å². The van der Waals surface area contributed by atoms with E-state index < -0.39 is 0 Å². The summed E-state index contributed by atoms with van der Waals surface area (Å²) in [6.45, 7) is 5.64. The first-order chi connectivity index (χ1) is 17.9. The molecule has 4 rings (SSSR count). The first-order valence-corrected chi connectivity index (χ1v) is 14.7. The van der Waals surface area contributed by atoms with Gasteiger partial charge in [0.1, 0.15) is 5.75 Å². The number of nitrogens with two attached hydrogens (primary N) is 1. The van der Waals surface area contributed by atoms with E-state index in [9.17, 15) is 5.11 Å². The number of methoxy groups -OCH3 is 1. The molecule has 4 N–H and O–H groups in total. The molecule has 3 aromatic carbocycles. The summed E-state index contributed by atoms with van der Waals surface area (Å²) in [6.07, 6.45) is 2.62. The third kappa shape index (κ3) is 7.39. The molecule has 1 saturated heterocycles. The van der Waals surface area contributed by atoms with Crippen LogP contribution in [0.1, 0.15) is 23.1 Å². The van der Waals surface area contributed by atoms with Crippen molar-refractivity contribution in [1.82, 2.24) is 4.90 Å². The summed E-state index contributed by atoms with van der Waals surface area (Å²) >= 11 is -0.0724. The molecular formula is C29H34IN4O3-. The quantitative estimate of drug-likeness (QED) is 0.0805. The van der Waals surface area contributed by atoms with E-state index >= 15 is 0 Å². The molecule has 1 fully saturated rings. The zero-order chi connectivity index (χ0) is 26.2. The molecule has 0 saturated carbocycles. The van der Waals surface area contributed by atoms with Crippen LogP contribution in [0.15, 0.2) is 72.8 Å². The number of aryl methyl sites for hydroxylation is 1. The Morgan fingerprint density at radius 1 is 1.05 bits per heavy atom. The van der Waals surface area contributed by atoms with E-state index in [0.717, 1.165) is 58.8 Å². The molecule has 0 atom stereocenters. The van der Waals surface area contributed by atoms with Gasteiger partial charge in [-0.15, -0.1) is 0 Å². The van der Waals surface area contributed by atoms with Crippen molar-refractivity contribution in [2.75, 3.05) is 41.0 Å². The summed E-state index contributed by atoms with van der Waals surface area (Å²) in [5.41, 5.74) is 10.6. The summed E-state index contributed by atoms with van der Waals surface area (Å²) in [7, 11) is 1.71. The average molecular weight is 614 g/mol. The van der Waals surface area contributed by atoms with E-state index in [-0.39, 0.29) is 27.2 Å². The van der Waals surface area contributed by atoms with Crippen molar-refractivity contribution >= 4 is 17.1 Å². The zero-order valence-electron chi connectivity index (χ0n) is 21.3. The number of allylic oxidation sites excluding steroid dienone is 1. The van der Waals surface area contributed by atoms with E-state index in [2.05, 4.69) is 26.2 Å². The predicted octanol–water partition coefficient (Wildman–Crippen LogP) is 1.63. The number of alkyl halides is 1. The van der Waals surface area contributed by atoms with E-state index in [1.54, 1.807) is 25.3 Å². The summed E-state index contributed by atoms with van der Waals surface area (Å²) in [4.78, 5) is 2.53. The standard InChI is InChI=1S/C29H34IN4O3/c1-21-17-23(9-12-29(21)35)28(32)19-27(31)22-7-10-25(11-8-22)37-16-4-13-33-14-15-34(30-20-33)24-5-3-6-26(18-24)36-2/h3,5-12,17-19,31,35H,4,13-16,20,32H2,1-2H3/q-1/b28-19-,31-27?. The van der Waals surface area contributed by atoms with Crippen molar-refractivity contribution in [3.05, 3.63) is 89.5 Å². The van der Waals surface area contributed by atoms with E-state index in [4.69, 9.17) is 20.6 Å². The molecule has 0 aromatic heterocycles. The molecule has 7 nitrogen and oxygen atoms in total. The fraction of sp³-hybridized carbons (Fsp3) is 0.276.